The van der Waals surface area contributed by atoms with Crippen molar-refractivity contribution in [2.24, 2.45) is 0 Å². The summed E-state index contributed by atoms with van der Waals surface area (Å²) in [6, 6.07) is 4.87. The summed E-state index contributed by atoms with van der Waals surface area (Å²) in [4.78, 5) is 11.0. The number of alkyl halides is 1. The number of carbonyl (C=O) groups is 1. The van der Waals surface area contributed by atoms with Crippen LogP contribution in [-0.4, -0.2) is 30.9 Å². The van der Waals surface area contributed by atoms with Crippen LogP contribution in [0.3, 0.4) is 0 Å². The topological polar surface area (TPSA) is 83.5 Å². The predicted molar refractivity (Wildman–Crippen MR) is 63.1 cm³/mol. The summed E-state index contributed by atoms with van der Waals surface area (Å²) in [5, 5.41) is 0.704. The standard InChI is InChI=1S/C10H11BrO5S.Na/c11-5-2-6-16-10(12)8-3-1-4-9(7-8)17(13,14)15;/h1,3-4,7H,2,5-6H2,(H,13,14,15);/q;+1/p-1. The summed E-state index contributed by atoms with van der Waals surface area (Å²) in [5.41, 5.74) is 0.0523. The van der Waals surface area contributed by atoms with Crippen LogP contribution in [0.5, 0.6) is 0 Å². The molecule has 0 heterocycles. The van der Waals surface area contributed by atoms with Crippen molar-refractivity contribution in [1.29, 1.82) is 0 Å². The van der Waals surface area contributed by atoms with Crippen LogP contribution in [-0.2, 0) is 14.9 Å². The maximum absolute atomic E-state index is 11.5. The van der Waals surface area contributed by atoms with Gasteiger partial charge in [-0.25, -0.2) is 13.2 Å². The Morgan fingerprint density at radius 1 is 1.39 bits per heavy atom. The van der Waals surface area contributed by atoms with E-state index >= 15 is 0 Å². The Bertz CT molecular complexity index is 503. The Hall–Kier alpha value is 0.0800. The third-order valence-electron chi connectivity index (χ3n) is 1.87. The molecule has 0 saturated carbocycles. The number of hydrogen-bond acceptors (Lipinski definition) is 5. The molecule has 0 atom stereocenters. The van der Waals surface area contributed by atoms with Gasteiger partial charge in [0.2, 0.25) is 0 Å². The molecule has 0 bridgehead atoms. The van der Waals surface area contributed by atoms with Gasteiger partial charge in [-0.15, -0.1) is 0 Å². The minimum absolute atomic E-state index is 0. The van der Waals surface area contributed by atoms with Crippen molar-refractivity contribution in [1.82, 2.24) is 0 Å². The minimum Gasteiger partial charge on any atom is -0.744 e. The first-order chi connectivity index (χ1) is 7.95. The van der Waals surface area contributed by atoms with Crippen LogP contribution in [0, 0.1) is 0 Å². The molecule has 94 valence electrons. The van der Waals surface area contributed by atoms with E-state index in [2.05, 4.69) is 15.9 Å². The van der Waals surface area contributed by atoms with E-state index in [0.29, 0.717) is 11.8 Å². The molecule has 1 rings (SSSR count). The minimum atomic E-state index is -4.55. The second kappa shape index (κ2) is 8.29. The molecule has 1 aromatic carbocycles. The van der Waals surface area contributed by atoms with E-state index in [0.717, 1.165) is 12.1 Å². The monoisotopic (exact) mass is 344 g/mol. The fourth-order valence-electron chi connectivity index (χ4n) is 1.08. The summed E-state index contributed by atoms with van der Waals surface area (Å²) < 4.78 is 37.1. The molecular weight excluding hydrogens is 335 g/mol. The van der Waals surface area contributed by atoms with Crippen LogP contribution in [0.25, 0.3) is 0 Å². The summed E-state index contributed by atoms with van der Waals surface area (Å²) in [7, 11) is -4.55. The fourth-order valence-corrected chi connectivity index (χ4v) is 1.83. The van der Waals surface area contributed by atoms with Crippen LogP contribution >= 0.6 is 15.9 Å². The van der Waals surface area contributed by atoms with Crippen molar-refractivity contribution in [2.45, 2.75) is 11.3 Å². The third-order valence-corrected chi connectivity index (χ3v) is 3.26. The number of carbonyl (C=O) groups excluding carboxylic acids is 1. The van der Waals surface area contributed by atoms with E-state index in [1.54, 1.807) is 0 Å². The molecule has 0 aliphatic heterocycles. The average molecular weight is 345 g/mol. The molecular formula is C10H10BrNaO5S. The number of esters is 1. The number of rotatable bonds is 5. The molecule has 0 aliphatic carbocycles. The fraction of sp³-hybridized carbons (Fsp3) is 0.300. The molecule has 0 amide bonds. The molecule has 5 nitrogen and oxygen atoms in total. The quantitative estimate of drug-likeness (QED) is 0.214. The van der Waals surface area contributed by atoms with Gasteiger partial charge in [0.1, 0.15) is 10.1 Å². The summed E-state index contributed by atoms with van der Waals surface area (Å²) in [6.45, 7) is 0.235. The number of halogens is 1. The van der Waals surface area contributed by atoms with E-state index in [1.807, 2.05) is 0 Å². The van der Waals surface area contributed by atoms with E-state index in [9.17, 15) is 17.8 Å². The Labute approximate surface area is 136 Å². The van der Waals surface area contributed by atoms with Gasteiger partial charge in [-0.05, 0) is 24.6 Å². The molecule has 0 radical (unpaired) electrons. The van der Waals surface area contributed by atoms with Crippen molar-refractivity contribution >= 4 is 32.0 Å². The van der Waals surface area contributed by atoms with Gasteiger partial charge in [0, 0.05) is 5.33 Å². The zero-order valence-corrected chi connectivity index (χ0v) is 14.2. The van der Waals surface area contributed by atoms with Crippen LogP contribution < -0.4 is 29.6 Å². The Morgan fingerprint density at radius 3 is 2.61 bits per heavy atom. The average Bonchev–Trinajstić information content (AvgIpc) is 2.28. The maximum Gasteiger partial charge on any atom is 1.00 e. The number of benzene rings is 1. The molecule has 0 saturated heterocycles. The van der Waals surface area contributed by atoms with Gasteiger partial charge in [0.05, 0.1) is 17.1 Å². The second-order valence-electron chi connectivity index (χ2n) is 3.16. The zero-order chi connectivity index (χ0) is 12.9. The van der Waals surface area contributed by atoms with Crippen LogP contribution in [0.1, 0.15) is 16.8 Å². The summed E-state index contributed by atoms with van der Waals surface area (Å²) in [6.07, 6.45) is 0.658. The largest absolute Gasteiger partial charge is 1.00 e. The molecule has 18 heavy (non-hydrogen) atoms. The second-order valence-corrected chi connectivity index (χ2v) is 5.33. The Kier molecular flexibility index (Phi) is 8.33. The molecule has 0 N–H and O–H groups in total. The van der Waals surface area contributed by atoms with Gasteiger partial charge in [0.15, 0.2) is 0 Å². The van der Waals surface area contributed by atoms with Gasteiger partial charge in [-0.2, -0.15) is 0 Å². The van der Waals surface area contributed by atoms with Crippen LogP contribution in [0.4, 0.5) is 0 Å². The molecule has 0 spiro atoms. The molecule has 0 fully saturated rings. The Balaban J connectivity index is 0.00000289. The zero-order valence-electron chi connectivity index (χ0n) is 9.76. The van der Waals surface area contributed by atoms with Gasteiger partial charge in [-0.3, -0.25) is 0 Å². The van der Waals surface area contributed by atoms with E-state index in [-0.39, 0.29) is 41.7 Å². The van der Waals surface area contributed by atoms with Crippen LogP contribution in [0.2, 0.25) is 0 Å². The van der Waals surface area contributed by atoms with E-state index in [4.69, 9.17) is 4.74 Å². The molecule has 0 aromatic heterocycles. The van der Waals surface area contributed by atoms with Gasteiger partial charge in [-0.1, -0.05) is 22.0 Å². The first-order valence-corrected chi connectivity index (χ1v) is 7.27. The van der Waals surface area contributed by atoms with Crippen molar-refractivity contribution in [3.8, 4) is 0 Å². The first kappa shape index (κ1) is 18.1. The smallest absolute Gasteiger partial charge is 0.744 e. The van der Waals surface area contributed by atoms with E-state index < -0.39 is 21.0 Å². The van der Waals surface area contributed by atoms with Crippen molar-refractivity contribution < 1.29 is 52.1 Å². The first-order valence-electron chi connectivity index (χ1n) is 4.74. The normalized spacial score (nSPS) is 10.6. The van der Waals surface area contributed by atoms with Gasteiger partial charge in [0.25, 0.3) is 0 Å². The van der Waals surface area contributed by atoms with Crippen molar-refractivity contribution in [2.75, 3.05) is 11.9 Å². The predicted octanol–water partition coefficient (Wildman–Crippen LogP) is -1.46. The van der Waals surface area contributed by atoms with Gasteiger partial charge < -0.3 is 9.29 Å². The number of ether oxygens (including phenoxy) is 1. The summed E-state index contributed by atoms with van der Waals surface area (Å²) in [5.74, 6) is -0.642. The molecule has 0 unspecified atom stereocenters. The maximum atomic E-state index is 11.5. The van der Waals surface area contributed by atoms with E-state index in [1.165, 1.54) is 12.1 Å². The molecule has 0 aliphatic rings. The van der Waals surface area contributed by atoms with Crippen molar-refractivity contribution in [3.05, 3.63) is 29.8 Å². The Morgan fingerprint density at radius 2 is 2.06 bits per heavy atom. The van der Waals surface area contributed by atoms with Crippen molar-refractivity contribution in [3.63, 3.8) is 0 Å². The molecule has 8 heteroatoms. The molecule has 1 aromatic rings. The third kappa shape index (κ3) is 5.81. The van der Waals surface area contributed by atoms with Crippen LogP contribution in [0.15, 0.2) is 29.2 Å². The van der Waals surface area contributed by atoms with Gasteiger partial charge >= 0.3 is 35.5 Å². The summed E-state index contributed by atoms with van der Waals surface area (Å²) >= 11 is 3.18. The number of hydrogen-bond donors (Lipinski definition) is 0. The SMILES string of the molecule is O=C(OCCCBr)c1cccc(S(=O)(=O)[O-])c1.[Na+].